The molecule has 0 amide bonds. The smallest absolute Gasteiger partial charge is 0.170 e. The van der Waals surface area contributed by atoms with Gasteiger partial charge in [-0.1, -0.05) is 0 Å². The second-order valence-electron chi connectivity index (χ2n) is 5.72. The van der Waals surface area contributed by atoms with Crippen LogP contribution in [0, 0.1) is 10.8 Å². The molecule has 112 valence electrons. The Bertz CT molecular complexity index is 281. The third-order valence-electron chi connectivity index (χ3n) is 4.48. The number of aliphatic hydroxyl groups is 5. The second-order valence-corrected chi connectivity index (χ2v) is 5.72. The maximum Gasteiger partial charge on any atom is 0.170 e. The molecule has 0 aromatic rings. The van der Waals surface area contributed by atoms with Gasteiger partial charge in [0, 0.05) is 23.7 Å². The fourth-order valence-electron chi connectivity index (χ4n) is 3.35. The Morgan fingerprint density at radius 2 is 1.16 bits per heavy atom. The molecule has 2 fully saturated rings. The Morgan fingerprint density at radius 3 is 1.47 bits per heavy atom. The topological polar surface area (TPSA) is 120 Å². The van der Waals surface area contributed by atoms with E-state index in [1.165, 1.54) is 0 Å². The molecule has 1 saturated heterocycles. The number of aliphatic hydroxyl groups excluding tert-OH is 5. The van der Waals surface area contributed by atoms with Gasteiger partial charge in [0.1, 0.15) is 0 Å². The van der Waals surface area contributed by atoms with Crippen molar-refractivity contribution < 1.29 is 35.0 Å². The fourth-order valence-corrected chi connectivity index (χ4v) is 3.35. The summed E-state index contributed by atoms with van der Waals surface area (Å²) in [7, 11) is 0. The normalized spacial score (nSPS) is 28.9. The summed E-state index contributed by atoms with van der Waals surface area (Å²) >= 11 is 0. The summed E-state index contributed by atoms with van der Waals surface area (Å²) in [5, 5.41) is 48.8. The average molecular weight is 278 g/mol. The Morgan fingerprint density at radius 1 is 0.789 bits per heavy atom. The van der Waals surface area contributed by atoms with E-state index in [1.807, 2.05) is 0 Å². The first-order valence-electron chi connectivity index (χ1n) is 6.41. The van der Waals surface area contributed by atoms with Crippen molar-refractivity contribution in [3.63, 3.8) is 0 Å². The van der Waals surface area contributed by atoms with Crippen LogP contribution in [0.3, 0.4) is 0 Å². The van der Waals surface area contributed by atoms with Gasteiger partial charge in [0.05, 0.1) is 45.7 Å². The van der Waals surface area contributed by atoms with E-state index in [4.69, 9.17) is 9.47 Å². The zero-order valence-electron chi connectivity index (χ0n) is 10.8. The van der Waals surface area contributed by atoms with E-state index in [0.29, 0.717) is 13.2 Å². The first-order chi connectivity index (χ1) is 9.02. The fraction of sp³-hybridized carbons (Fsp3) is 1.00. The zero-order chi connectivity index (χ0) is 14.1. The minimum atomic E-state index is -1.27. The van der Waals surface area contributed by atoms with Crippen molar-refractivity contribution in [1.29, 1.82) is 0 Å². The maximum atomic E-state index is 10.4. The standard InChI is InChI=1S/C12H22O7/c13-5-10(6-14)3-12(18-1-2-19-12)4-11(7-15,8-16)9(10)17/h9,13-17H,1-8H2. The molecule has 0 radical (unpaired) electrons. The summed E-state index contributed by atoms with van der Waals surface area (Å²) in [5.74, 6) is -1.07. The van der Waals surface area contributed by atoms with Gasteiger partial charge in [0.25, 0.3) is 0 Å². The monoisotopic (exact) mass is 278 g/mol. The molecule has 1 saturated carbocycles. The van der Waals surface area contributed by atoms with Crippen LogP contribution < -0.4 is 0 Å². The molecule has 0 bridgehead atoms. The molecular weight excluding hydrogens is 256 g/mol. The molecule has 0 aromatic carbocycles. The molecule has 7 nitrogen and oxygen atoms in total. The molecule has 1 heterocycles. The molecule has 1 spiro atoms. The SMILES string of the molecule is OCC1(CO)CC2(CC(CO)(CO)C1O)OCCO2. The molecule has 0 aromatic heterocycles. The predicted octanol–water partition coefficient (Wildman–Crippen LogP) is -2.17. The highest BCUT2D eigenvalue weighted by atomic mass is 16.7. The molecule has 1 aliphatic heterocycles. The van der Waals surface area contributed by atoms with Crippen molar-refractivity contribution in [1.82, 2.24) is 0 Å². The Balaban J connectivity index is 2.40. The van der Waals surface area contributed by atoms with Gasteiger partial charge in [0.15, 0.2) is 5.79 Å². The van der Waals surface area contributed by atoms with Crippen LogP contribution in [0.1, 0.15) is 12.8 Å². The lowest BCUT2D eigenvalue weighted by Crippen LogP contribution is -2.64. The molecule has 2 rings (SSSR count). The van der Waals surface area contributed by atoms with Gasteiger partial charge < -0.3 is 35.0 Å². The van der Waals surface area contributed by atoms with Gasteiger partial charge >= 0.3 is 0 Å². The molecule has 0 atom stereocenters. The third-order valence-corrected chi connectivity index (χ3v) is 4.48. The van der Waals surface area contributed by atoms with E-state index in [1.54, 1.807) is 0 Å². The quantitative estimate of drug-likeness (QED) is 0.397. The summed E-state index contributed by atoms with van der Waals surface area (Å²) in [6.45, 7) is -1.20. The van der Waals surface area contributed by atoms with Crippen LogP contribution in [0.2, 0.25) is 0 Å². The highest BCUT2D eigenvalue weighted by Gasteiger charge is 2.62. The molecule has 0 unspecified atom stereocenters. The molecule has 1 aliphatic carbocycles. The first-order valence-corrected chi connectivity index (χ1v) is 6.41. The highest BCUT2D eigenvalue weighted by molar-refractivity contribution is 5.08. The Kier molecular flexibility index (Phi) is 4.18. The van der Waals surface area contributed by atoms with Gasteiger partial charge in [-0.25, -0.2) is 0 Å². The summed E-state index contributed by atoms with van der Waals surface area (Å²) < 4.78 is 11.1. The van der Waals surface area contributed by atoms with E-state index in [0.717, 1.165) is 0 Å². The van der Waals surface area contributed by atoms with E-state index < -0.39 is 49.1 Å². The average Bonchev–Trinajstić information content (AvgIpc) is 2.89. The van der Waals surface area contributed by atoms with Gasteiger partial charge in [-0.3, -0.25) is 0 Å². The number of hydrogen-bond donors (Lipinski definition) is 5. The largest absolute Gasteiger partial charge is 0.396 e. The van der Waals surface area contributed by atoms with Crippen molar-refractivity contribution >= 4 is 0 Å². The van der Waals surface area contributed by atoms with Crippen LogP contribution in [0.25, 0.3) is 0 Å². The van der Waals surface area contributed by atoms with Crippen molar-refractivity contribution in [2.24, 2.45) is 10.8 Å². The van der Waals surface area contributed by atoms with Gasteiger partial charge in [0.2, 0.25) is 0 Å². The molecule has 2 aliphatic rings. The van der Waals surface area contributed by atoms with E-state index in [9.17, 15) is 25.5 Å². The summed E-state index contributed by atoms with van der Waals surface area (Å²) in [6.07, 6.45) is -1.00. The maximum absolute atomic E-state index is 10.4. The molecule has 5 N–H and O–H groups in total. The zero-order valence-corrected chi connectivity index (χ0v) is 10.8. The lowest BCUT2D eigenvalue weighted by molar-refractivity contribution is -0.287. The Labute approximate surface area is 111 Å². The number of hydrogen-bond acceptors (Lipinski definition) is 7. The van der Waals surface area contributed by atoms with E-state index >= 15 is 0 Å². The number of ether oxygens (including phenoxy) is 2. The first kappa shape index (κ1) is 15.1. The lowest BCUT2D eigenvalue weighted by Gasteiger charge is -2.55. The van der Waals surface area contributed by atoms with Crippen LogP contribution >= 0.6 is 0 Å². The molecular formula is C12H22O7. The summed E-state index contributed by atoms with van der Waals surface area (Å²) in [5.41, 5.74) is -2.54. The van der Waals surface area contributed by atoms with Crippen molar-refractivity contribution in [2.75, 3.05) is 39.6 Å². The van der Waals surface area contributed by atoms with Crippen molar-refractivity contribution in [3.8, 4) is 0 Å². The van der Waals surface area contributed by atoms with Crippen LogP contribution in [-0.4, -0.2) is 77.1 Å². The van der Waals surface area contributed by atoms with Crippen LogP contribution in [0.5, 0.6) is 0 Å². The van der Waals surface area contributed by atoms with E-state index in [2.05, 4.69) is 0 Å². The van der Waals surface area contributed by atoms with Crippen molar-refractivity contribution in [3.05, 3.63) is 0 Å². The van der Waals surface area contributed by atoms with Crippen LogP contribution in [0.4, 0.5) is 0 Å². The van der Waals surface area contributed by atoms with Crippen molar-refractivity contribution in [2.45, 2.75) is 24.7 Å². The van der Waals surface area contributed by atoms with Gasteiger partial charge in [-0.15, -0.1) is 0 Å². The van der Waals surface area contributed by atoms with Crippen LogP contribution in [-0.2, 0) is 9.47 Å². The number of rotatable bonds is 4. The minimum absolute atomic E-state index is 0.121. The summed E-state index contributed by atoms with van der Waals surface area (Å²) in [6, 6.07) is 0. The Hall–Kier alpha value is -0.280. The van der Waals surface area contributed by atoms with Gasteiger partial charge in [-0.2, -0.15) is 0 Å². The van der Waals surface area contributed by atoms with Gasteiger partial charge in [-0.05, 0) is 0 Å². The second kappa shape index (κ2) is 5.25. The van der Waals surface area contributed by atoms with Crippen LogP contribution in [0.15, 0.2) is 0 Å². The molecule has 7 heteroatoms. The molecule has 19 heavy (non-hydrogen) atoms. The summed E-state index contributed by atoms with van der Waals surface area (Å²) in [4.78, 5) is 0. The predicted molar refractivity (Wildman–Crippen MR) is 63.1 cm³/mol. The lowest BCUT2D eigenvalue weighted by atomic mass is 9.58. The van der Waals surface area contributed by atoms with E-state index in [-0.39, 0.29) is 12.8 Å². The highest BCUT2D eigenvalue weighted by Crippen LogP contribution is 2.53. The third kappa shape index (κ3) is 2.19. The minimum Gasteiger partial charge on any atom is -0.396 e.